The van der Waals surface area contributed by atoms with Crippen molar-refractivity contribution >= 4 is 5.91 Å². The largest absolute Gasteiger partial charge is 0.383 e. The number of aliphatic hydroxyl groups is 1. The topological polar surface area (TPSA) is 67.2 Å². The third-order valence-electron chi connectivity index (χ3n) is 3.52. The summed E-state index contributed by atoms with van der Waals surface area (Å²) in [7, 11) is 0. The van der Waals surface area contributed by atoms with Crippen LogP contribution in [0.25, 0.3) is 0 Å². The second-order valence-electron chi connectivity index (χ2n) is 5.58. The Kier molecular flexibility index (Phi) is 5.44. The van der Waals surface area contributed by atoms with Crippen LogP contribution < -0.4 is 5.32 Å². The Balaban J connectivity index is 1.82. The summed E-state index contributed by atoms with van der Waals surface area (Å²) in [5, 5.41) is 12.9. The van der Waals surface area contributed by atoms with Crippen LogP contribution >= 0.6 is 0 Å². The molecule has 0 aliphatic rings. The highest BCUT2D eigenvalue weighted by Gasteiger charge is 2.27. The number of aryl methyl sites for hydroxylation is 1. The van der Waals surface area contributed by atoms with E-state index in [-0.39, 0.29) is 24.4 Å². The summed E-state index contributed by atoms with van der Waals surface area (Å²) >= 11 is 0. The van der Waals surface area contributed by atoms with Gasteiger partial charge < -0.3 is 15.0 Å². The van der Waals surface area contributed by atoms with E-state index in [0.29, 0.717) is 19.0 Å². The van der Waals surface area contributed by atoms with Crippen LogP contribution in [0, 0.1) is 11.6 Å². The van der Waals surface area contributed by atoms with Crippen molar-refractivity contribution in [1.29, 1.82) is 0 Å². The highest BCUT2D eigenvalue weighted by molar-refractivity contribution is 5.75. The molecule has 0 aliphatic carbocycles. The molecule has 0 saturated heterocycles. The lowest BCUT2D eigenvalue weighted by Crippen LogP contribution is -2.39. The minimum Gasteiger partial charge on any atom is -0.383 e. The van der Waals surface area contributed by atoms with E-state index in [9.17, 15) is 18.7 Å². The number of benzene rings is 1. The van der Waals surface area contributed by atoms with Crippen LogP contribution in [0.2, 0.25) is 0 Å². The molecular weight excluding hydrogens is 304 g/mol. The fourth-order valence-electron chi connectivity index (χ4n) is 2.22. The van der Waals surface area contributed by atoms with E-state index in [1.807, 2.05) is 4.57 Å². The standard InChI is InChI=1S/C16H19F2N3O2/c1-16(23,13-5-4-12(17)9-14(13)18)10-20-15(22)3-2-7-21-8-6-19-11-21/h4-6,8-9,11,23H,2-3,7,10H2,1H3,(H,20,22)/t16-/m0/s1. The first-order valence-corrected chi connectivity index (χ1v) is 7.29. The van der Waals surface area contributed by atoms with Gasteiger partial charge in [0.25, 0.3) is 0 Å². The quantitative estimate of drug-likeness (QED) is 0.818. The van der Waals surface area contributed by atoms with Gasteiger partial charge in [0.2, 0.25) is 5.91 Å². The maximum atomic E-state index is 13.7. The molecule has 2 aromatic rings. The van der Waals surface area contributed by atoms with Crippen molar-refractivity contribution in [3.63, 3.8) is 0 Å². The molecule has 23 heavy (non-hydrogen) atoms. The fourth-order valence-corrected chi connectivity index (χ4v) is 2.22. The predicted octanol–water partition coefficient (Wildman–Crippen LogP) is 1.97. The number of carbonyl (C=O) groups excluding carboxylic acids is 1. The van der Waals surface area contributed by atoms with Gasteiger partial charge in [0, 0.05) is 37.0 Å². The van der Waals surface area contributed by atoms with Crippen LogP contribution in [-0.2, 0) is 16.9 Å². The number of amides is 1. The Labute approximate surface area is 133 Å². The lowest BCUT2D eigenvalue weighted by Gasteiger charge is -2.24. The molecule has 2 rings (SSSR count). The van der Waals surface area contributed by atoms with E-state index in [4.69, 9.17) is 0 Å². The zero-order valence-electron chi connectivity index (χ0n) is 12.8. The summed E-state index contributed by atoms with van der Waals surface area (Å²) in [6.07, 6.45) is 6.03. The zero-order chi connectivity index (χ0) is 16.9. The third-order valence-corrected chi connectivity index (χ3v) is 3.52. The van der Waals surface area contributed by atoms with Crippen LogP contribution in [0.3, 0.4) is 0 Å². The summed E-state index contributed by atoms with van der Waals surface area (Å²) in [5.74, 6) is -1.80. The van der Waals surface area contributed by atoms with Crippen molar-refractivity contribution in [2.45, 2.75) is 31.9 Å². The van der Waals surface area contributed by atoms with Gasteiger partial charge in [-0.2, -0.15) is 0 Å². The molecule has 0 fully saturated rings. The summed E-state index contributed by atoms with van der Waals surface area (Å²) < 4.78 is 28.5. The Hall–Kier alpha value is -2.28. The molecular formula is C16H19F2N3O2. The Morgan fingerprint density at radius 1 is 1.43 bits per heavy atom. The fraction of sp³-hybridized carbons (Fsp3) is 0.375. The molecule has 0 aliphatic heterocycles. The first kappa shape index (κ1) is 17.1. The van der Waals surface area contributed by atoms with Gasteiger partial charge >= 0.3 is 0 Å². The smallest absolute Gasteiger partial charge is 0.220 e. The summed E-state index contributed by atoms with van der Waals surface area (Å²) in [4.78, 5) is 15.7. The lowest BCUT2D eigenvalue weighted by atomic mass is 9.95. The van der Waals surface area contributed by atoms with E-state index in [0.717, 1.165) is 6.07 Å². The SMILES string of the molecule is C[C@](O)(CNC(=O)CCCn1ccnc1)c1ccc(F)cc1F. The maximum absolute atomic E-state index is 13.7. The second-order valence-corrected chi connectivity index (χ2v) is 5.58. The number of halogens is 2. The minimum atomic E-state index is -1.61. The van der Waals surface area contributed by atoms with Crippen LogP contribution in [0.5, 0.6) is 0 Å². The van der Waals surface area contributed by atoms with E-state index in [2.05, 4.69) is 10.3 Å². The molecule has 1 aromatic heterocycles. The molecule has 0 spiro atoms. The highest BCUT2D eigenvalue weighted by Crippen LogP contribution is 2.23. The monoisotopic (exact) mass is 323 g/mol. The molecule has 1 amide bonds. The Morgan fingerprint density at radius 3 is 2.87 bits per heavy atom. The van der Waals surface area contributed by atoms with Crippen molar-refractivity contribution < 1.29 is 18.7 Å². The number of nitrogens with one attached hydrogen (secondary N) is 1. The molecule has 5 nitrogen and oxygen atoms in total. The third kappa shape index (κ3) is 4.85. The van der Waals surface area contributed by atoms with E-state index in [1.54, 1.807) is 18.7 Å². The molecule has 0 radical (unpaired) electrons. The Morgan fingerprint density at radius 2 is 2.22 bits per heavy atom. The van der Waals surface area contributed by atoms with E-state index in [1.165, 1.54) is 13.0 Å². The number of nitrogens with zero attached hydrogens (tertiary/aromatic N) is 2. The van der Waals surface area contributed by atoms with Gasteiger partial charge in [-0.25, -0.2) is 13.8 Å². The van der Waals surface area contributed by atoms with Crippen molar-refractivity contribution in [3.8, 4) is 0 Å². The average molecular weight is 323 g/mol. The highest BCUT2D eigenvalue weighted by atomic mass is 19.1. The van der Waals surface area contributed by atoms with Crippen molar-refractivity contribution in [1.82, 2.24) is 14.9 Å². The molecule has 124 valence electrons. The molecule has 1 heterocycles. The van der Waals surface area contributed by atoms with Gasteiger partial charge in [0.05, 0.1) is 12.9 Å². The van der Waals surface area contributed by atoms with Crippen molar-refractivity contribution in [2.24, 2.45) is 0 Å². The number of hydrogen-bond donors (Lipinski definition) is 2. The maximum Gasteiger partial charge on any atom is 0.220 e. The van der Waals surface area contributed by atoms with Crippen LogP contribution in [-0.4, -0.2) is 27.1 Å². The molecule has 0 saturated carbocycles. The van der Waals surface area contributed by atoms with Gasteiger partial charge in [-0.05, 0) is 19.4 Å². The predicted molar refractivity (Wildman–Crippen MR) is 80.4 cm³/mol. The molecule has 0 bridgehead atoms. The summed E-state index contributed by atoms with van der Waals surface area (Å²) in [6.45, 7) is 1.88. The zero-order valence-corrected chi connectivity index (χ0v) is 12.8. The van der Waals surface area contributed by atoms with Crippen LogP contribution in [0.1, 0.15) is 25.3 Å². The van der Waals surface area contributed by atoms with Crippen LogP contribution in [0.4, 0.5) is 8.78 Å². The van der Waals surface area contributed by atoms with E-state index >= 15 is 0 Å². The molecule has 2 N–H and O–H groups in total. The van der Waals surface area contributed by atoms with Gasteiger partial charge in [-0.3, -0.25) is 4.79 Å². The van der Waals surface area contributed by atoms with Gasteiger partial charge in [-0.15, -0.1) is 0 Å². The van der Waals surface area contributed by atoms with Gasteiger partial charge in [0.15, 0.2) is 0 Å². The number of imidazole rings is 1. The number of hydrogen-bond acceptors (Lipinski definition) is 3. The normalized spacial score (nSPS) is 13.6. The van der Waals surface area contributed by atoms with E-state index < -0.39 is 17.2 Å². The first-order chi connectivity index (χ1) is 10.9. The minimum absolute atomic E-state index is 0.0578. The molecule has 1 atom stereocenters. The Bertz CT molecular complexity index is 657. The number of carbonyl (C=O) groups is 1. The van der Waals surface area contributed by atoms with Crippen molar-refractivity contribution in [3.05, 3.63) is 54.1 Å². The molecule has 7 heteroatoms. The van der Waals surface area contributed by atoms with Crippen LogP contribution in [0.15, 0.2) is 36.9 Å². The number of rotatable bonds is 7. The summed E-state index contributed by atoms with van der Waals surface area (Å²) in [6, 6.07) is 2.95. The lowest BCUT2D eigenvalue weighted by molar-refractivity contribution is -0.122. The summed E-state index contributed by atoms with van der Waals surface area (Å²) in [5.41, 5.74) is -1.67. The van der Waals surface area contributed by atoms with Gasteiger partial charge in [-0.1, -0.05) is 6.07 Å². The molecule has 1 aromatic carbocycles. The first-order valence-electron chi connectivity index (χ1n) is 7.29. The van der Waals surface area contributed by atoms with Crippen molar-refractivity contribution in [2.75, 3.05) is 6.54 Å². The van der Waals surface area contributed by atoms with Gasteiger partial charge in [0.1, 0.15) is 17.2 Å². The molecule has 0 unspecified atom stereocenters. The average Bonchev–Trinajstić information content (AvgIpc) is 2.98. The second kappa shape index (κ2) is 7.32. The number of aromatic nitrogens is 2.